The summed E-state index contributed by atoms with van der Waals surface area (Å²) in [5, 5.41) is 10.4. The van der Waals surface area contributed by atoms with Gasteiger partial charge in [0, 0.05) is 42.8 Å². The summed E-state index contributed by atoms with van der Waals surface area (Å²) in [5.74, 6) is -0.362. The number of hydrogen-bond donors (Lipinski definition) is 1. The fourth-order valence-corrected chi connectivity index (χ4v) is 2.79. The number of benzene rings is 1. The molecule has 3 aromatic rings. The largest absolute Gasteiger partial charge is 0.435 e. The number of carbonyl (C=O) groups is 1. The summed E-state index contributed by atoms with van der Waals surface area (Å²) >= 11 is 0. The van der Waals surface area contributed by atoms with Gasteiger partial charge in [-0.25, -0.2) is 0 Å². The summed E-state index contributed by atoms with van der Waals surface area (Å²) in [6.45, 7) is 2.41. The molecule has 0 fully saturated rings. The third-order valence-electron chi connectivity index (χ3n) is 4.20. The average Bonchev–Trinajstić information content (AvgIpc) is 3.23. The third kappa shape index (κ3) is 4.02. The van der Waals surface area contributed by atoms with Crippen molar-refractivity contribution < 1.29 is 18.0 Å². The molecule has 0 aliphatic heterocycles. The lowest BCUT2D eigenvalue weighted by atomic mass is 10.0. The number of aryl methyl sites for hydroxylation is 1. The summed E-state index contributed by atoms with van der Waals surface area (Å²) in [4.78, 5) is 12.3. The molecule has 0 bridgehead atoms. The second-order valence-electron chi connectivity index (χ2n) is 6.04. The molecule has 1 aromatic carbocycles. The highest BCUT2D eigenvalue weighted by atomic mass is 19.4. The Morgan fingerprint density at radius 2 is 2.04 bits per heavy atom. The van der Waals surface area contributed by atoms with Gasteiger partial charge in [0.2, 0.25) is 0 Å². The van der Waals surface area contributed by atoms with Gasteiger partial charge < -0.3 is 5.32 Å². The minimum absolute atomic E-state index is 0.0174. The maximum atomic E-state index is 13.3. The van der Waals surface area contributed by atoms with Crippen molar-refractivity contribution in [3.8, 4) is 11.1 Å². The predicted molar refractivity (Wildman–Crippen MR) is 92.9 cm³/mol. The van der Waals surface area contributed by atoms with Crippen LogP contribution in [0.2, 0.25) is 0 Å². The maximum absolute atomic E-state index is 13.3. The fourth-order valence-electron chi connectivity index (χ4n) is 2.79. The van der Waals surface area contributed by atoms with E-state index in [1.54, 1.807) is 48.3 Å². The number of carbonyl (C=O) groups excluding carboxylic acids is 1. The Morgan fingerprint density at radius 1 is 1.26 bits per heavy atom. The fraction of sp³-hybridized carbons (Fsp3) is 0.278. The van der Waals surface area contributed by atoms with E-state index in [1.165, 1.54) is 17.8 Å². The minimum Gasteiger partial charge on any atom is -0.350 e. The first-order valence-corrected chi connectivity index (χ1v) is 8.24. The van der Waals surface area contributed by atoms with Crippen LogP contribution in [0.4, 0.5) is 13.2 Å². The van der Waals surface area contributed by atoms with Crippen molar-refractivity contribution in [3.05, 3.63) is 59.7 Å². The van der Waals surface area contributed by atoms with Crippen molar-refractivity contribution in [1.29, 1.82) is 0 Å². The van der Waals surface area contributed by atoms with Gasteiger partial charge >= 0.3 is 6.18 Å². The SMILES string of the molecule is Cc1c(-c2cccc(C(=O)NCCn3cccn3)c2)c(C(F)(F)F)nn1C. The predicted octanol–water partition coefficient (Wildman–Crippen LogP) is 3.04. The van der Waals surface area contributed by atoms with Crippen molar-refractivity contribution in [2.45, 2.75) is 19.6 Å². The van der Waals surface area contributed by atoms with Crippen LogP contribution >= 0.6 is 0 Å². The molecule has 0 aliphatic carbocycles. The lowest BCUT2D eigenvalue weighted by molar-refractivity contribution is -0.140. The van der Waals surface area contributed by atoms with Gasteiger partial charge in [-0.1, -0.05) is 12.1 Å². The molecule has 0 unspecified atom stereocenters. The van der Waals surface area contributed by atoms with Gasteiger partial charge in [0.25, 0.3) is 5.91 Å². The van der Waals surface area contributed by atoms with Crippen LogP contribution in [0.15, 0.2) is 42.7 Å². The van der Waals surface area contributed by atoms with Crippen molar-refractivity contribution in [2.75, 3.05) is 6.54 Å². The maximum Gasteiger partial charge on any atom is 0.435 e. The van der Waals surface area contributed by atoms with Gasteiger partial charge in [0.05, 0.1) is 6.54 Å². The van der Waals surface area contributed by atoms with Crippen LogP contribution in [-0.2, 0) is 19.8 Å². The molecule has 0 saturated carbocycles. The van der Waals surface area contributed by atoms with E-state index in [0.29, 0.717) is 24.3 Å². The Bertz CT molecular complexity index is 945. The Labute approximate surface area is 153 Å². The molecule has 142 valence electrons. The van der Waals surface area contributed by atoms with Crippen LogP contribution in [0.3, 0.4) is 0 Å². The molecule has 9 heteroatoms. The van der Waals surface area contributed by atoms with Crippen molar-refractivity contribution in [1.82, 2.24) is 24.9 Å². The summed E-state index contributed by atoms with van der Waals surface area (Å²) < 4.78 is 42.8. The van der Waals surface area contributed by atoms with Crippen LogP contribution < -0.4 is 5.32 Å². The molecule has 1 N–H and O–H groups in total. The molecular weight excluding hydrogens is 359 g/mol. The zero-order valence-corrected chi connectivity index (χ0v) is 14.8. The van der Waals surface area contributed by atoms with Crippen molar-refractivity contribution in [2.24, 2.45) is 7.05 Å². The van der Waals surface area contributed by atoms with Crippen LogP contribution in [0.5, 0.6) is 0 Å². The van der Waals surface area contributed by atoms with E-state index in [-0.39, 0.29) is 17.0 Å². The van der Waals surface area contributed by atoms with Crippen LogP contribution in [0, 0.1) is 6.92 Å². The Morgan fingerprint density at radius 3 is 2.70 bits per heavy atom. The van der Waals surface area contributed by atoms with Gasteiger partial charge in [-0.05, 0) is 30.7 Å². The molecule has 0 saturated heterocycles. The first kappa shape index (κ1) is 18.7. The standard InChI is InChI=1S/C18H18F3N5O/c1-12-15(16(18(19,20)21)24-25(12)2)13-5-3-6-14(11-13)17(27)22-8-10-26-9-4-7-23-26/h3-7,9,11H,8,10H2,1-2H3,(H,22,27). The normalized spacial score (nSPS) is 11.6. The van der Waals surface area contributed by atoms with Crippen molar-refractivity contribution >= 4 is 5.91 Å². The number of amides is 1. The zero-order chi connectivity index (χ0) is 19.6. The molecule has 1 amide bonds. The number of aromatic nitrogens is 4. The van der Waals surface area contributed by atoms with Gasteiger partial charge in [-0.3, -0.25) is 14.2 Å². The van der Waals surface area contributed by atoms with Gasteiger partial charge in [0.15, 0.2) is 5.69 Å². The molecule has 0 spiro atoms. The minimum atomic E-state index is -4.58. The Hall–Kier alpha value is -3.10. The highest BCUT2D eigenvalue weighted by Gasteiger charge is 2.38. The topological polar surface area (TPSA) is 64.7 Å². The quantitative estimate of drug-likeness (QED) is 0.743. The monoisotopic (exact) mass is 377 g/mol. The lowest BCUT2D eigenvalue weighted by Gasteiger charge is -2.10. The van der Waals surface area contributed by atoms with E-state index in [0.717, 1.165) is 0 Å². The number of halogens is 3. The van der Waals surface area contributed by atoms with Gasteiger partial charge in [0.1, 0.15) is 0 Å². The highest BCUT2D eigenvalue weighted by molar-refractivity contribution is 5.95. The van der Waals surface area contributed by atoms with Crippen LogP contribution in [0.25, 0.3) is 11.1 Å². The Balaban J connectivity index is 1.83. The van der Waals surface area contributed by atoms with Crippen molar-refractivity contribution in [3.63, 3.8) is 0 Å². The Kier molecular flexibility index (Phi) is 5.02. The van der Waals surface area contributed by atoms with E-state index in [2.05, 4.69) is 15.5 Å². The molecule has 2 aromatic heterocycles. The van der Waals surface area contributed by atoms with E-state index in [9.17, 15) is 18.0 Å². The van der Waals surface area contributed by atoms with E-state index < -0.39 is 11.9 Å². The van der Waals surface area contributed by atoms with Crippen LogP contribution in [0.1, 0.15) is 21.7 Å². The van der Waals surface area contributed by atoms with Crippen LogP contribution in [-0.4, -0.2) is 32.0 Å². The molecule has 2 heterocycles. The highest BCUT2D eigenvalue weighted by Crippen LogP contribution is 2.38. The number of alkyl halides is 3. The molecule has 6 nitrogen and oxygen atoms in total. The number of nitrogens with one attached hydrogen (secondary N) is 1. The molecule has 27 heavy (non-hydrogen) atoms. The molecule has 0 radical (unpaired) electrons. The summed E-state index contributed by atoms with van der Waals surface area (Å²) in [7, 11) is 1.46. The van der Waals surface area contributed by atoms with E-state index in [1.807, 2.05) is 0 Å². The number of hydrogen-bond acceptors (Lipinski definition) is 3. The van der Waals surface area contributed by atoms with Gasteiger partial charge in [-0.2, -0.15) is 23.4 Å². The number of nitrogens with zero attached hydrogens (tertiary/aromatic N) is 4. The molecule has 0 atom stereocenters. The first-order chi connectivity index (χ1) is 12.8. The number of rotatable bonds is 5. The van der Waals surface area contributed by atoms with E-state index >= 15 is 0 Å². The lowest BCUT2D eigenvalue weighted by Crippen LogP contribution is -2.27. The molecular formula is C18H18F3N5O. The zero-order valence-electron chi connectivity index (χ0n) is 14.8. The van der Waals surface area contributed by atoms with E-state index in [4.69, 9.17) is 0 Å². The average molecular weight is 377 g/mol. The second-order valence-corrected chi connectivity index (χ2v) is 6.04. The van der Waals surface area contributed by atoms with Gasteiger partial charge in [-0.15, -0.1) is 0 Å². The smallest absolute Gasteiger partial charge is 0.350 e. The summed E-state index contributed by atoms with van der Waals surface area (Å²) in [5.41, 5.74) is -0.0227. The summed E-state index contributed by atoms with van der Waals surface area (Å²) in [6, 6.07) is 7.89. The third-order valence-corrected chi connectivity index (χ3v) is 4.20. The first-order valence-electron chi connectivity index (χ1n) is 8.24. The molecule has 3 rings (SSSR count). The summed E-state index contributed by atoms with van der Waals surface area (Å²) in [6.07, 6.45) is -1.17. The molecule has 0 aliphatic rings. The second kappa shape index (κ2) is 7.26.